The van der Waals surface area contributed by atoms with Crippen molar-refractivity contribution >= 4 is 5.88 Å². The lowest BCUT2D eigenvalue weighted by molar-refractivity contribution is 0.218. The molecule has 0 radical (unpaired) electrons. The first kappa shape index (κ1) is 11.7. The van der Waals surface area contributed by atoms with E-state index in [2.05, 4.69) is 5.16 Å². The summed E-state index contributed by atoms with van der Waals surface area (Å²) >= 11 is 0. The molecule has 17 heavy (non-hydrogen) atoms. The molecule has 1 heterocycles. The number of anilines is 1. The Hall–Kier alpha value is -1.81. The van der Waals surface area contributed by atoms with Crippen molar-refractivity contribution in [3.8, 4) is 11.3 Å². The molecule has 0 saturated heterocycles. The van der Waals surface area contributed by atoms with E-state index in [4.69, 9.17) is 10.3 Å². The zero-order chi connectivity index (χ0) is 12.5. The van der Waals surface area contributed by atoms with E-state index in [0.717, 1.165) is 11.1 Å². The van der Waals surface area contributed by atoms with Crippen molar-refractivity contribution in [1.82, 2.24) is 5.16 Å². The van der Waals surface area contributed by atoms with Crippen LogP contribution in [0.5, 0.6) is 0 Å². The second-order valence-corrected chi connectivity index (χ2v) is 4.74. The summed E-state index contributed by atoms with van der Waals surface area (Å²) in [7, 11) is 0. The maximum atomic E-state index is 9.36. The Labute approximate surface area is 100 Å². The third-order valence-electron chi connectivity index (χ3n) is 2.86. The molecule has 0 saturated carbocycles. The van der Waals surface area contributed by atoms with Crippen molar-refractivity contribution in [2.75, 3.05) is 12.3 Å². The van der Waals surface area contributed by atoms with Gasteiger partial charge in [0.1, 0.15) is 5.69 Å². The summed E-state index contributed by atoms with van der Waals surface area (Å²) in [5, 5.41) is 13.2. The maximum Gasteiger partial charge on any atom is 0.222 e. The Morgan fingerprint density at radius 3 is 2.71 bits per heavy atom. The van der Waals surface area contributed by atoms with E-state index in [-0.39, 0.29) is 12.0 Å². The highest BCUT2D eigenvalue weighted by Crippen LogP contribution is 2.27. The highest BCUT2D eigenvalue weighted by Gasteiger charge is 2.19. The summed E-state index contributed by atoms with van der Waals surface area (Å²) < 4.78 is 4.85. The average molecular weight is 232 g/mol. The smallest absolute Gasteiger partial charge is 0.222 e. The van der Waals surface area contributed by atoms with Crippen LogP contribution in [0.3, 0.4) is 0 Å². The molecule has 0 aliphatic heterocycles. The number of rotatable bonds is 3. The van der Waals surface area contributed by atoms with E-state index in [1.807, 2.05) is 38.1 Å². The molecule has 3 N–H and O–H groups in total. The minimum absolute atomic E-state index is 0.0947. The molecular formula is C13H16N2O2. The molecule has 0 aliphatic rings. The standard InChI is InChI=1S/C13H16N2O2/c1-13(2,8-16)10-5-3-4-9(6-10)11-7-12(14)17-15-11/h3-7,16H,8,14H2,1-2H3. The minimum Gasteiger partial charge on any atom is -0.395 e. The fraction of sp³-hybridized carbons (Fsp3) is 0.308. The monoisotopic (exact) mass is 232 g/mol. The summed E-state index contributed by atoms with van der Waals surface area (Å²) in [6.45, 7) is 4.07. The SMILES string of the molecule is CC(C)(CO)c1cccc(-c2cc(N)on2)c1. The van der Waals surface area contributed by atoms with Crippen molar-refractivity contribution < 1.29 is 9.63 Å². The van der Waals surface area contributed by atoms with Crippen molar-refractivity contribution in [3.63, 3.8) is 0 Å². The first-order valence-corrected chi connectivity index (χ1v) is 5.47. The van der Waals surface area contributed by atoms with Crippen molar-refractivity contribution in [1.29, 1.82) is 0 Å². The van der Waals surface area contributed by atoms with Crippen LogP contribution < -0.4 is 5.73 Å². The normalized spacial score (nSPS) is 11.7. The van der Waals surface area contributed by atoms with Gasteiger partial charge < -0.3 is 15.4 Å². The van der Waals surface area contributed by atoms with Gasteiger partial charge in [-0.2, -0.15) is 0 Å². The molecule has 2 rings (SSSR count). The molecule has 90 valence electrons. The maximum absolute atomic E-state index is 9.36. The predicted octanol–water partition coefficient (Wildman–Crippen LogP) is 2.19. The van der Waals surface area contributed by atoms with Gasteiger partial charge in [-0.3, -0.25) is 0 Å². The number of nitrogen functional groups attached to an aromatic ring is 1. The van der Waals surface area contributed by atoms with Crippen LogP contribution in [0.2, 0.25) is 0 Å². The van der Waals surface area contributed by atoms with E-state index >= 15 is 0 Å². The van der Waals surface area contributed by atoms with Gasteiger partial charge in [0, 0.05) is 17.0 Å². The van der Waals surface area contributed by atoms with Gasteiger partial charge in [-0.1, -0.05) is 37.2 Å². The van der Waals surface area contributed by atoms with Crippen LogP contribution in [-0.2, 0) is 5.41 Å². The molecule has 0 spiro atoms. The van der Waals surface area contributed by atoms with Gasteiger partial charge in [0.05, 0.1) is 6.61 Å². The van der Waals surface area contributed by atoms with E-state index in [1.165, 1.54) is 0 Å². The zero-order valence-corrected chi connectivity index (χ0v) is 9.97. The van der Waals surface area contributed by atoms with Crippen molar-refractivity contribution in [2.45, 2.75) is 19.3 Å². The molecule has 0 aliphatic carbocycles. The van der Waals surface area contributed by atoms with E-state index in [1.54, 1.807) is 6.07 Å². The second-order valence-electron chi connectivity index (χ2n) is 4.74. The first-order valence-electron chi connectivity index (χ1n) is 5.47. The van der Waals surface area contributed by atoms with Gasteiger partial charge in [0.25, 0.3) is 0 Å². The summed E-state index contributed by atoms with van der Waals surface area (Å²) in [5.74, 6) is 0.298. The van der Waals surface area contributed by atoms with Crippen LogP contribution in [0.15, 0.2) is 34.9 Å². The summed E-state index contributed by atoms with van der Waals surface area (Å²) in [6.07, 6.45) is 0. The van der Waals surface area contributed by atoms with Gasteiger partial charge in [-0.05, 0) is 11.6 Å². The number of hydrogen-bond donors (Lipinski definition) is 2. The lowest BCUT2D eigenvalue weighted by Gasteiger charge is -2.22. The highest BCUT2D eigenvalue weighted by atomic mass is 16.5. The third-order valence-corrected chi connectivity index (χ3v) is 2.86. The Morgan fingerprint density at radius 2 is 2.12 bits per heavy atom. The van der Waals surface area contributed by atoms with Crippen LogP contribution in [0, 0.1) is 0 Å². The topological polar surface area (TPSA) is 72.3 Å². The number of aliphatic hydroxyl groups excluding tert-OH is 1. The number of hydrogen-bond acceptors (Lipinski definition) is 4. The molecule has 0 fully saturated rings. The van der Waals surface area contributed by atoms with Crippen molar-refractivity contribution in [3.05, 3.63) is 35.9 Å². The fourth-order valence-corrected chi connectivity index (χ4v) is 1.62. The molecular weight excluding hydrogens is 216 g/mol. The molecule has 0 bridgehead atoms. The molecule has 1 aromatic heterocycles. The van der Waals surface area contributed by atoms with Crippen molar-refractivity contribution in [2.24, 2.45) is 0 Å². The quantitative estimate of drug-likeness (QED) is 0.850. The fourth-order valence-electron chi connectivity index (χ4n) is 1.62. The van der Waals surface area contributed by atoms with E-state index < -0.39 is 0 Å². The minimum atomic E-state index is -0.273. The number of aromatic nitrogens is 1. The number of aliphatic hydroxyl groups is 1. The van der Waals surface area contributed by atoms with Crippen LogP contribution in [0.4, 0.5) is 5.88 Å². The van der Waals surface area contributed by atoms with Gasteiger partial charge >= 0.3 is 0 Å². The first-order chi connectivity index (χ1) is 8.03. The number of benzene rings is 1. The zero-order valence-electron chi connectivity index (χ0n) is 9.97. The van der Waals surface area contributed by atoms with E-state index in [9.17, 15) is 5.11 Å². The Bertz CT molecular complexity index is 518. The van der Waals surface area contributed by atoms with E-state index in [0.29, 0.717) is 11.6 Å². The Morgan fingerprint density at radius 1 is 1.35 bits per heavy atom. The van der Waals surface area contributed by atoms with Gasteiger partial charge in [-0.25, -0.2) is 0 Å². The average Bonchev–Trinajstić information content (AvgIpc) is 2.76. The molecule has 1 aromatic carbocycles. The van der Waals surface area contributed by atoms with Crippen LogP contribution in [0.25, 0.3) is 11.3 Å². The molecule has 2 aromatic rings. The number of nitrogens with zero attached hydrogens (tertiary/aromatic N) is 1. The summed E-state index contributed by atoms with van der Waals surface area (Å²) in [6, 6.07) is 9.54. The van der Waals surface area contributed by atoms with Crippen LogP contribution in [-0.4, -0.2) is 16.9 Å². The molecule has 0 atom stereocenters. The largest absolute Gasteiger partial charge is 0.395 e. The predicted molar refractivity (Wildman–Crippen MR) is 66.5 cm³/mol. The lowest BCUT2D eigenvalue weighted by atomic mass is 9.84. The van der Waals surface area contributed by atoms with Gasteiger partial charge in [0.2, 0.25) is 5.88 Å². The molecule has 0 amide bonds. The summed E-state index contributed by atoms with van der Waals surface area (Å²) in [4.78, 5) is 0. The van der Waals surface area contributed by atoms with Crippen LogP contribution in [0.1, 0.15) is 19.4 Å². The van der Waals surface area contributed by atoms with Crippen LogP contribution >= 0.6 is 0 Å². The number of nitrogens with two attached hydrogens (primary N) is 1. The lowest BCUT2D eigenvalue weighted by Crippen LogP contribution is -2.21. The molecule has 4 heteroatoms. The Kier molecular flexibility index (Phi) is 2.90. The van der Waals surface area contributed by atoms with Gasteiger partial charge in [0.15, 0.2) is 0 Å². The second kappa shape index (κ2) is 4.22. The third kappa shape index (κ3) is 2.31. The Balaban J connectivity index is 2.42. The van der Waals surface area contributed by atoms with Gasteiger partial charge in [-0.15, -0.1) is 0 Å². The summed E-state index contributed by atoms with van der Waals surface area (Å²) in [5.41, 5.74) is 7.92. The molecule has 0 unspecified atom stereocenters. The highest BCUT2D eigenvalue weighted by molar-refractivity contribution is 5.62. The molecule has 4 nitrogen and oxygen atoms in total.